The van der Waals surface area contributed by atoms with Gasteiger partial charge in [-0.05, 0) is 163 Å². The molecule has 9 aromatic rings. The number of rotatable bonds is 6. The van der Waals surface area contributed by atoms with E-state index in [9.17, 15) is 0 Å². The molecule has 0 saturated heterocycles. The first kappa shape index (κ1) is 37.9. The molecule has 0 saturated carbocycles. The minimum absolute atomic E-state index is 0.0757. The molecular formula is C59H49BN2. The normalized spacial score (nSPS) is 12.6. The van der Waals surface area contributed by atoms with Crippen molar-refractivity contribution in [1.82, 2.24) is 0 Å². The Morgan fingerprint density at radius 2 is 1.18 bits per heavy atom. The van der Waals surface area contributed by atoms with Crippen LogP contribution in [0.1, 0.15) is 48.6 Å². The van der Waals surface area contributed by atoms with E-state index in [1.54, 1.807) is 0 Å². The number of fused-ring (bicyclic) bond motifs is 6. The number of hydrogen-bond acceptors (Lipinski definition) is 2. The predicted molar refractivity (Wildman–Crippen MR) is 267 cm³/mol. The summed E-state index contributed by atoms with van der Waals surface area (Å²) < 4.78 is 0. The number of anilines is 5. The minimum Gasteiger partial charge on any atom is -0.355 e. The maximum Gasteiger partial charge on any atom is 0.198 e. The molecule has 2 nitrogen and oxygen atoms in total. The summed E-state index contributed by atoms with van der Waals surface area (Å²) in [5.41, 5.74) is 25.3. The molecule has 9 aromatic carbocycles. The Morgan fingerprint density at radius 1 is 0.468 bits per heavy atom. The molecule has 0 amide bonds. The van der Waals surface area contributed by atoms with Gasteiger partial charge in [0.25, 0.3) is 0 Å². The standard InChI is InChI=1S/C59H49BN2/c1-37-15-9-13-21-48(37)45-32-52(51-31-40-18-10-11-19-41(40)33-54(51)61-47-26-24-46(25-27-47)59(3,4)5)58-57(35-45)62(55-28-23-42(29-38(55)2)39-16-7-6-8-17-39)56-34-44-30-43-20-12-14-22-49(43)50(44)36-53(56)60-58/h6-29,31-36,60-61H,30H2,1-5H3. The van der Waals surface area contributed by atoms with E-state index in [4.69, 9.17) is 0 Å². The van der Waals surface area contributed by atoms with Crippen molar-refractivity contribution in [3.05, 3.63) is 210 Å². The highest BCUT2D eigenvalue weighted by atomic mass is 15.2. The highest BCUT2D eigenvalue weighted by molar-refractivity contribution is 6.73. The third-order valence-electron chi connectivity index (χ3n) is 13.3. The third kappa shape index (κ3) is 6.60. The van der Waals surface area contributed by atoms with Gasteiger partial charge in [-0.25, -0.2) is 0 Å². The first-order valence-electron chi connectivity index (χ1n) is 22.0. The lowest BCUT2D eigenvalue weighted by Crippen LogP contribution is -2.41. The van der Waals surface area contributed by atoms with Crippen molar-refractivity contribution in [3.8, 4) is 44.5 Å². The molecule has 0 bridgehead atoms. The molecule has 62 heavy (non-hydrogen) atoms. The molecule has 11 rings (SSSR count). The first-order chi connectivity index (χ1) is 30.2. The van der Waals surface area contributed by atoms with Crippen LogP contribution in [0.5, 0.6) is 0 Å². The monoisotopic (exact) mass is 796 g/mol. The van der Waals surface area contributed by atoms with Crippen LogP contribution in [0.15, 0.2) is 182 Å². The van der Waals surface area contributed by atoms with E-state index in [0.29, 0.717) is 0 Å². The van der Waals surface area contributed by atoms with Crippen LogP contribution in [0.4, 0.5) is 28.4 Å². The maximum absolute atomic E-state index is 3.94. The van der Waals surface area contributed by atoms with Crippen molar-refractivity contribution >= 4 is 57.4 Å². The number of hydrogen-bond donors (Lipinski definition) is 1. The lowest BCUT2D eigenvalue weighted by molar-refractivity contribution is 0.590. The van der Waals surface area contributed by atoms with Gasteiger partial charge in [0.05, 0.1) is 0 Å². The lowest BCUT2D eigenvalue weighted by atomic mass is 9.57. The molecule has 1 N–H and O–H groups in total. The van der Waals surface area contributed by atoms with Crippen LogP contribution in [0.3, 0.4) is 0 Å². The molecule has 0 fully saturated rings. The summed E-state index contributed by atoms with van der Waals surface area (Å²) in [7, 11) is 0.813. The van der Waals surface area contributed by atoms with Crippen LogP contribution < -0.4 is 21.1 Å². The summed E-state index contributed by atoms with van der Waals surface area (Å²) in [6, 6.07) is 68.0. The molecule has 0 aromatic heterocycles. The molecule has 0 radical (unpaired) electrons. The van der Waals surface area contributed by atoms with Crippen molar-refractivity contribution in [2.75, 3.05) is 10.2 Å². The van der Waals surface area contributed by atoms with Gasteiger partial charge in [-0.1, -0.05) is 154 Å². The van der Waals surface area contributed by atoms with Gasteiger partial charge in [-0.2, -0.15) is 0 Å². The quantitative estimate of drug-likeness (QED) is 0.169. The second-order valence-corrected chi connectivity index (χ2v) is 18.4. The fraction of sp³-hybridized carbons (Fsp3) is 0.119. The maximum atomic E-state index is 3.94. The number of benzene rings is 9. The van der Waals surface area contributed by atoms with E-state index >= 15 is 0 Å². The van der Waals surface area contributed by atoms with Gasteiger partial charge in [-0.15, -0.1) is 0 Å². The van der Waals surface area contributed by atoms with E-state index in [0.717, 1.165) is 25.1 Å². The van der Waals surface area contributed by atoms with Crippen LogP contribution >= 0.6 is 0 Å². The Bertz CT molecular complexity index is 3210. The van der Waals surface area contributed by atoms with Crippen LogP contribution in [0.25, 0.3) is 55.3 Å². The predicted octanol–water partition coefficient (Wildman–Crippen LogP) is 14.2. The van der Waals surface area contributed by atoms with Crippen LogP contribution in [-0.2, 0) is 11.8 Å². The molecule has 0 atom stereocenters. The van der Waals surface area contributed by atoms with E-state index in [-0.39, 0.29) is 5.41 Å². The molecule has 1 heterocycles. The second-order valence-electron chi connectivity index (χ2n) is 18.4. The summed E-state index contributed by atoms with van der Waals surface area (Å²) in [6.45, 7) is 11.3. The van der Waals surface area contributed by atoms with E-state index in [2.05, 4.69) is 227 Å². The Kier molecular flexibility index (Phi) is 9.05. The second kappa shape index (κ2) is 14.8. The van der Waals surface area contributed by atoms with Crippen molar-refractivity contribution < 1.29 is 0 Å². The lowest BCUT2D eigenvalue weighted by Gasteiger charge is -2.37. The smallest absolute Gasteiger partial charge is 0.198 e. The Balaban J connectivity index is 1.18. The van der Waals surface area contributed by atoms with E-state index < -0.39 is 0 Å². The average Bonchev–Trinajstić information content (AvgIpc) is 3.65. The zero-order valence-electron chi connectivity index (χ0n) is 36.2. The third-order valence-corrected chi connectivity index (χ3v) is 13.3. The highest BCUT2D eigenvalue weighted by Crippen LogP contribution is 2.46. The largest absolute Gasteiger partial charge is 0.355 e. The van der Waals surface area contributed by atoms with Crippen molar-refractivity contribution in [2.45, 2.75) is 46.5 Å². The molecule has 0 spiro atoms. The molecule has 3 heteroatoms. The van der Waals surface area contributed by atoms with Crippen LogP contribution in [0, 0.1) is 13.8 Å². The van der Waals surface area contributed by atoms with Crippen molar-refractivity contribution in [3.63, 3.8) is 0 Å². The van der Waals surface area contributed by atoms with Gasteiger partial charge in [0.1, 0.15) is 0 Å². The summed E-state index contributed by atoms with van der Waals surface area (Å²) in [5, 5.41) is 6.38. The minimum atomic E-state index is 0.0757. The van der Waals surface area contributed by atoms with Gasteiger partial charge in [0.2, 0.25) is 0 Å². The Morgan fingerprint density at radius 3 is 1.94 bits per heavy atom. The summed E-state index contributed by atoms with van der Waals surface area (Å²) >= 11 is 0. The summed E-state index contributed by atoms with van der Waals surface area (Å²) in [4.78, 5) is 2.59. The van der Waals surface area contributed by atoms with Gasteiger partial charge < -0.3 is 10.2 Å². The zero-order valence-corrected chi connectivity index (χ0v) is 36.2. The van der Waals surface area contributed by atoms with Gasteiger partial charge >= 0.3 is 0 Å². The van der Waals surface area contributed by atoms with Crippen molar-refractivity contribution in [1.29, 1.82) is 0 Å². The van der Waals surface area contributed by atoms with Gasteiger partial charge in [0, 0.05) is 34.0 Å². The van der Waals surface area contributed by atoms with Gasteiger partial charge in [0.15, 0.2) is 7.28 Å². The molecule has 2 aliphatic rings. The Hall–Kier alpha value is -7.10. The Labute approximate surface area is 366 Å². The SMILES string of the molecule is Cc1ccccc1-c1cc(-c2cc3ccccc3cc2Nc2ccc(C(C)(C)C)cc2)c2c(c1)N(c1ccc(-c3ccccc3)cc1C)c1cc3c(cc1B2)-c1ccccc1C3. The fourth-order valence-corrected chi connectivity index (χ4v) is 9.97. The van der Waals surface area contributed by atoms with Crippen LogP contribution in [-0.4, -0.2) is 7.28 Å². The number of nitrogens with one attached hydrogen (secondary N) is 1. The summed E-state index contributed by atoms with van der Waals surface area (Å²) in [5.74, 6) is 0. The number of nitrogens with zero attached hydrogens (tertiary/aromatic N) is 1. The van der Waals surface area contributed by atoms with Crippen molar-refractivity contribution in [2.24, 2.45) is 0 Å². The highest BCUT2D eigenvalue weighted by Gasteiger charge is 2.32. The van der Waals surface area contributed by atoms with E-state index in [1.165, 1.54) is 111 Å². The fourth-order valence-electron chi connectivity index (χ4n) is 9.97. The van der Waals surface area contributed by atoms with Gasteiger partial charge in [-0.3, -0.25) is 0 Å². The zero-order chi connectivity index (χ0) is 42.1. The molecule has 1 aliphatic carbocycles. The molecule has 0 unspecified atom stereocenters. The molecular weight excluding hydrogens is 747 g/mol. The number of aryl methyl sites for hydroxylation is 2. The first-order valence-corrected chi connectivity index (χ1v) is 22.0. The topological polar surface area (TPSA) is 15.3 Å². The summed E-state index contributed by atoms with van der Waals surface area (Å²) in [6.07, 6.45) is 0.947. The molecule has 1 aliphatic heterocycles. The van der Waals surface area contributed by atoms with Crippen LogP contribution in [0.2, 0.25) is 0 Å². The average molecular weight is 797 g/mol. The van der Waals surface area contributed by atoms with E-state index in [1.807, 2.05) is 0 Å². The molecule has 298 valence electrons.